The van der Waals surface area contributed by atoms with Crippen molar-refractivity contribution in [3.8, 4) is 0 Å². The molecular weight excluding hydrogens is 126 g/mol. The SMILES string of the molecule is CCC[C@@H](N)c1ccco1. The first-order valence-electron chi connectivity index (χ1n) is 3.63. The molecule has 0 saturated heterocycles. The summed E-state index contributed by atoms with van der Waals surface area (Å²) in [5, 5.41) is 0. The predicted molar refractivity (Wildman–Crippen MR) is 40.5 cm³/mol. The van der Waals surface area contributed by atoms with Crippen LogP contribution in [0.2, 0.25) is 0 Å². The molecular formula is C8H13NO. The fourth-order valence-corrected chi connectivity index (χ4v) is 0.956. The van der Waals surface area contributed by atoms with E-state index in [0.29, 0.717) is 0 Å². The Bertz CT molecular complexity index is 169. The van der Waals surface area contributed by atoms with Crippen molar-refractivity contribution in [3.63, 3.8) is 0 Å². The molecule has 1 aromatic heterocycles. The third-order valence-electron chi connectivity index (χ3n) is 1.51. The summed E-state index contributed by atoms with van der Waals surface area (Å²) in [5.74, 6) is 0.891. The molecule has 0 saturated carbocycles. The van der Waals surface area contributed by atoms with E-state index in [1.807, 2.05) is 12.1 Å². The zero-order valence-electron chi connectivity index (χ0n) is 6.21. The predicted octanol–water partition coefficient (Wildman–Crippen LogP) is 2.08. The first kappa shape index (κ1) is 7.35. The molecule has 0 radical (unpaired) electrons. The van der Waals surface area contributed by atoms with Gasteiger partial charge in [0.1, 0.15) is 5.76 Å². The number of nitrogens with two attached hydrogens (primary N) is 1. The Morgan fingerprint density at radius 2 is 2.50 bits per heavy atom. The van der Waals surface area contributed by atoms with Gasteiger partial charge < -0.3 is 10.2 Å². The second-order valence-corrected chi connectivity index (χ2v) is 2.41. The molecule has 0 spiro atoms. The Balaban J connectivity index is 2.50. The summed E-state index contributed by atoms with van der Waals surface area (Å²) >= 11 is 0. The first-order chi connectivity index (χ1) is 4.84. The second-order valence-electron chi connectivity index (χ2n) is 2.41. The van der Waals surface area contributed by atoms with E-state index in [4.69, 9.17) is 10.2 Å². The van der Waals surface area contributed by atoms with E-state index < -0.39 is 0 Å². The summed E-state index contributed by atoms with van der Waals surface area (Å²) in [6, 6.07) is 3.87. The van der Waals surface area contributed by atoms with Crippen LogP contribution in [-0.4, -0.2) is 0 Å². The highest BCUT2D eigenvalue weighted by Gasteiger charge is 2.05. The zero-order chi connectivity index (χ0) is 7.40. The van der Waals surface area contributed by atoms with Gasteiger partial charge in [-0.2, -0.15) is 0 Å². The standard InChI is InChI=1S/C8H13NO/c1-2-4-7(9)8-5-3-6-10-8/h3,5-7H,2,4,9H2,1H3/t7-/m1/s1. The summed E-state index contributed by atoms with van der Waals surface area (Å²) in [7, 11) is 0. The van der Waals surface area contributed by atoms with Crippen molar-refractivity contribution in [1.29, 1.82) is 0 Å². The molecule has 1 rings (SSSR count). The summed E-state index contributed by atoms with van der Waals surface area (Å²) in [5.41, 5.74) is 5.76. The third-order valence-corrected chi connectivity index (χ3v) is 1.51. The van der Waals surface area contributed by atoms with Gasteiger partial charge in [-0.3, -0.25) is 0 Å². The highest BCUT2D eigenvalue weighted by Crippen LogP contribution is 2.14. The molecule has 0 aliphatic heterocycles. The van der Waals surface area contributed by atoms with E-state index in [-0.39, 0.29) is 6.04 Å². The second kappa shape index (κ2) is 3.42. The molecule has 0 unspecified atom stereocenters. The van der Waals surface area contributed by atoms with Crippen molar-refractivity contribution in [2.24, 2.45) is 5.73 Å². The van der Waals surface area contributed by atoms with E-state index >= 15 is 0 Å². The quantitative estimate of drug-likeness (QED) is 0.696. The van der Waals surface area contributed by atoms with Gasteiger partial charge in [-0.05, 0) is 18.6 Å². The van der Waals surface area contributed by atoms with Crippen LogP contribution in [0.1, 0.15) is 31.6 Å². The van der Waals surface area contributed by atoms with Crippen LogP contribution in [0.25, 0.3) is 0 Å². The molecule has 2 nitrogen and oxygen atoms in total. The Kier molecular flexibility index (Phi) is 2.51. The Morgan fingerprint density at radius 3 is 3.00 bits per heavy atom. The molecule has 0 aliphatic rings. The van der Waals surface area contributed by atoms with Crippen LogP contribution >= 0.6 is 0 Å². The van der Waals surface area contributed by atoms with Crippen molar-refractivity contribution in [1.82, 2.24) is 0 Å². The topological polar surface area (TPSA) is 39.2 Å². The number of hydrogen-bond donors (Lipinski definition) is 1. The van der Waals surface area contributed by atoms with Crippen LogP contribution in [0.3, 0.4) is 0 Å². The minimum atomic E-state index is 0.0833. The van der Waals surface area contributed by atoms with Crippen LogP contribution in [-0.2, 0) is 0 Å². The van der Waals surface area contributed by atoms with Crippen molar-refractivity contribution in [3.05, 3.63) is 24.2 Å². The molecule has 0 fully saturated rings. The normalized spacial score (nSPS) is 13.4. The lowest BCUT2D eigenvalue weighted by Gasteiger charge is -2.04. The van der Waals surface area contributed by atoms with Gasteiger partial charge in [0.15, 0.2) is 0 Å². The lowest BCUT2D eigenvalue weighted by Crippen LogP contribution is -2.08. The molecule has 0 amide bonds. The summed E-state index contributed by atoms with van der Waals surface area (Å²) in [6.07, 6.45) is 3.75. The Labute approximate surface area is 61.0 Å². The lowest BCUT2D eigenvalue weighted by atomic mass is 10.1. The molecule has 2 heteroatoms. The van der Waals surface area contributed by atoms with Gasteiger partial charge in [0.25, 0.3) is 0 Å². The highest BCUT2D eigenvalue weighted by molar-refractivity contribution is 5.02. The fourth-order valence-electron chi connectivity index (χ4n) is 0.956. The lowest BCUT2D eigenvalue weighted by molar-refractivity contribution is 0.450. The molecule has 10 heavy (non-hydrogen) atoms. The molecule has 2 N–H and O–H groups in total. The van der Waals surface area contributed by atoms with Crippen LogP contribution < -0.4 is 5.73 Å². The van der Waals surface area contributed by atoms with Gasteiger partial charge in [0, 0.05) is 0 Å². The fraction of sp³-hybridized carbons (Fsp3) is 0.500. The maximum absolute atomic E-state index is 5.76. The molecule has 56 valence electrons. The van der Waals surface area contributed by atoms with Gasteiger partial charge in [-0.1, -0.05) is 13.3 Å². The maximum Gasteiger partial charge on any atom is 0.120 e. The smallest absolute Gasteiger partial charge is 0.120 e. The van der Waals surface area contributed by atoms with Crippen molar-refractivity contribution in [2.45, 2.75) is 25.8 Å². The van der Waals surface area contributed by atoms with E-state index in [1.54, 1.807) is 6.26 Å². The van der Waals surface area contributed by atoms with Gasteiger partial charge in [-0.15, -0.1) is 0 Å². The Hall–Kier alpha value is -0.760. The summed E-state index contributed by atoms with van der Waals surface area (Å²) < 4.78 is 5.12. The molecule has 0 aromatic carbocycles. The Morgan fingerprint density at radius 1 is 1.70 bits per heavy atom. The van der Waals surface area contributed by atoms with Crippen molar-refractivity contribution < 1.29 is 4.42 Å². The number of furan rings is 1. The van der Waals surface area contributed by atoms with E-state index in [1.165, 1.54) is 0 Å². The van der Waals surface area contributed by atoms with Crippen molar-refractivity contribution >= 4 is 0 Å². The number of hydrogen-bond acceptors (Lipinski definition) is 2. The van der Waals surface area contributed by atoms with Gasteiger partial charge in [0.05, 0.1) is 12.3 Å². The van der Waals surface area contributed by atoms with E-state index in [0.717, 1.165) is 18.6 Å². The van der Waals surface area contributed by atoms with E-state index in [9.17, 15) is 0 Å². The van der Waals surface area contributed by atoms with Crippen LogP contribution in [0, 0.1) is 0 Å². The molecule has 1 atom stereocenters. The molecule has 1 heterocycles. The first-order valence-corrected chi connectivity index (χ1v) is 3.63. The van der Waals surface area contributed by atoms with Crippen molar-refractivity contribution in [2.75, 3.05) is 0 Å². The number of rotatable bonds is 3. The van der Waals surface area contributed by atoms with Gasteiger partial charge in [0.2, 0.25) is 0 Å². The van der Waals surface area contributed by atoms with E-state index in [2.05, 4.69) is 6.92 Å². The molecule has 1 aromatic rings. The van der Waals surface area contributed by atoms with Gasteiger partial charge >= 0.3 is 0 Å². The summed E-state index contributed by atoms with van der Waals surface area (Å²) in [4.78, 5) is 0. The zero-order valence-corrected chi connectivity index (χ0v) is 6.21. The van der Waals surface area contributed by atoms with Crippen LogP contribution in [0.4, 0.5) is 0 Å². The van der Waals surface area contributed by atoms with Gasteiger partial charge in [-0.25, -0.2) is 0 Å². The summed E-state index contributed by atoms with van der Waals surface area (Å²) in [6.45, 7) is 2.11. The minimum Gasteiger partial charge on any atom is -0.468 e. The van der Waals surface area contributed by atoms with Crippen LogP contribution in [0.5, 0.6) is 0 Å². The monoisotopic (exact) mass is 139 g/mol. The largest absolute Gasteiger partial charge is 0.468 e. The average Bonchev–Trinajstić information content (AvgIpc) is 2.38. The molecule has 0 aliphatic carbocycles. The highest BCUT2D eigenvalue weighted by atomic mass is 16.3. The average molecular weight is 139 g/mol. The third kappa shape index (κ3) is 1.61. The minimum absolute atomic E-state index is 0.0833. The maximum atomic E-state index is 5.76. The van der Waals surface area contributed by atoms with Crippen LogP contribution in [0.15, 0.2) is 22.8 Å². The molecule has 0 bridgehead atoms.